The normalized spacial score (nSPS) is 23.2. The van der Waals surface area contributed by atoms with Crippen molar-refractivity contribution in [1.29, 1.82) is 0 Å². The van der Waals surface area contributed by atoms with Crippen molar-refractivity contribution in [2.45, 2.75) is 83.8 Å². The topological polar surface area (TPSA) is 12.5 Å². The number of epoxide rings is 1. The summed E-state index contributed by atoms with van der Waals surface area (Å²) in [5.41, 5.74) is 0. The fourth-order valence-corrected chi connectivity index (χ4v) is 2.23. The summed E-state index contributed by atoms with van der Waals surface area (Å²) in [6.07, 6.45) is 21.7. The van der Waals surface area contributed by atoms with Gasteiger partial charge in [-0.05, 0) is 32.1 Å². The minimum Gasteiger partial charge on any atom is -0.369 e. The van der Waals surface area contributed by atoms with E-state index < -0.39 is 0 Å². The van der Waals surface area contributed by atoms with Crippen LogP contribution in [0.15, 0.2) is 24.3 Å². The summed E-state index contributed by atoms with van der Waals surface area (Å²) in [4.78, 5) is 0. The van der Waals surface area contributed by atoms with Crippen molar-refractivity contribution in [3.8, 4) is 0 Å². The first-order valence-corrected chi connectivity index (χ1v) is 7.84. The summed E-state index contributed by atoms with van der Waals surface area (Å²) < 4.78 is 5.49. The molecule has 1 saturated heterocycles. The fourth-order valence-electron chi connectivity index (χ4n) is 2.23. The Kier molecular flexibility index (Phi) is 8.93. The lowest BCUT2D eigenvalue weighted by Crippen LogP contribution is -1.88. The largest absolute Gasteiger partial charge is 0.369 e. The second-order valence-electron chi connectivity index (χ2n) is 5.24. The lowest BCUT2D eigenvalue weighted by atomic mass is 10.1. The van der Waals surface area contributed by atoms with Gasteiger partial charge in [-0.2, -0.15) is 0 Å². The maximum Gasteiger partial charge on any atom is 0.0876 e. The van der Waals surface area contributed by atoms with Gasteiger partial charge in [0.25, 0.3) is 0 Å². The molecule has 104 valence electrons. The molecule has 0 aliphatic carbocycles. The monoisotopic (exact) mass is 250 g/mol. The van der Waals surface area contributed by atoms with Gasteiger partial charge in [-0.3, -0.25) is 0 Å². The van der Waals surface area contributed by atoms with Crippen LogP contribution < -0.4 is 0 Å². The molecule has 1 heteroatoms. The highest BCUT2D eigenvalue weighted by Crippen LogP contribution is 2.28. The number of allylic oxidation sites excluding steroid dienone is 3. The molecule has 0 amide bonds. The molecule has 18 heavy (non-hydrogen) atoms. The van der Waals surface area contributed by atoms with E-state index in [0.29, 0.717) is 12.2 Å². The van der Waals surface area contributed by atoms with Crippen LogP contribution in [0.5, 0.6) is 0 Å². The van der Waals surface area contributed by atoms with Gasteiger partial charge in [-0.25, -0.2) is 0 Å². The number of ether oxygens (including phenoxy) is 1. The maximum atomic E-state index is 5.49. The van der Waals surface area contributed by atoms with E-state index in [1.807, 2.05) is 0 Å². The zero-order valence-corrected chi connectivity index (χ0v) is 12.2. The minimum absolute atomic E-state index is 0.522. The second kappa shape index (κ2) is 10.4. The molecule has 0 N–H and O–H groups in total. The molecule has 1 aliphatic heterocycles. The van der Waals surface area contributed by atoms with Crippen LogP contribution in [0.2, 0.25) is 0 Å². The molecule has 1 fully saturated rings. The molecular weight excluding hydrogens is 220 g/mol. The zero-order valence-electron chi connectivity index (χ0n) is 12.2. The highest BCUT2D eigenvalue weighted by atomic mass is 16.6. The number of unbranched alkanes of at least 4 members (excludes halogenated alkanes) is 5. The van der Waals surface area contributed by atoms with Crippen LogP contribution in [0.3, 0.4) is 0 Å². The molecular formula is C17H30O. The molecule has 2 atom stereocenters. The van der Waals surface area contributed by atoms with Crippen molar-refractivity contribution in [2.75, 3.05) is 0 Å². The molecule has 0 aromatic carbocycles. The Morgan fingerprint density at radius 3 is 2.33 bits per heavy atom. The van der Waals surface area contributed by atoms with Crippen LogP contribution in [0.4, 0.5) is 0 Å². The Balaban J connectivity index is 1.83. The average molecular weight is 250 g/mol. The van der Waals surface area contributed by atoms with Crippen molar-refractivity contribution in [1.82, 2.24) is 0 Å². The lowest BCUT2D eigenvalue weighted by molar-refractivity contribution is 0.367. The first-order chi connectivity index (χ1) is 8.88. The van der Waals surface area contributed by atoms with Crippen molar-refractivity contribution >= 4 is 0 Å². The third-order valence-electron chi connectivity index (χ3n) is 3.54. The quantitative estimate of drug-likeness (QED) is 0.271. The highest BCUT2D eigenvalue weighted by Gasteiger charge is 2.35. The van der Waals surface area contributed by atoms with E-state index in [-0.39, 0.29) is 0 Å². The molecule has 1 aliphatic rings. The van der Waals surface area contributed by atoms with E-state index in [1.165, 1.54) is 38.5 Å². The Morgan fingerprint density at radius 1 is 0.833 bits per heavy atom. The molecule has 0 radical (unpaired) electrons. The van der Waals surface area contributed by atoms with Crippen molar-refractivity contribution in [2.24, 2.45) is 0 Å². The van der Waals surface area contributed by atoms with Gasteiger partial charge in [0, 0.05) is 0 Å². The van der Waals surface area contributed by atoms with Gasteiger partial charge >= 0.3 is 0 Å². The summed E-state index contributed by atoms with van der Waals surface area (Å²) in [7, 11) is 0. The van der Waals surface area contributed by atoms with Gasteiger partial charge in [-0.15, -0.1) is 0 Å². The SMILES string of the molecule is CCCCCCC/C=C/C/C=C/C[C@@H]1O[C@@H]1CC. The number of hydrogen-bond acceptors (Lipinski definition) is 1. The lowest BCUT2D eigenvalue weighted by Gasteiger charge is -1.95. The van der Waals surface area contributed by atoms with E-state index in [0.717, 1.165) is 19.3 Å². The Morgan fingerprint density at radius 2 is 1.61 bits per heavy atom. The van der Waals surface area contributed by atoms with Crippen molar-refractivity contribution in [3.05, 3.63) is 24.3 Å². The molecule has 1 heterocycles. The van der Waals surface area contributed by atoms with Crippen LogP contribution in [-0.2, 0) is 4.74 Å². The standard InChI is InChI=1S/C17H30O/c1-3-5-6-7-8-9-10-11-12-13-14-15-17-16(4-2)18-17/h10-11,13-14,16-17H,3-9,12,15H2,1-2H3/b11-10+,14-13+/t16-,17+/m1/s1. The summed E-state index contributed by atoms with van der Waals surface area (Å²) in [5.74, 6) is 0. The first-order valence-electron chi connectivity index (χ1n) is 7.84. The summed E-state index contributed by atoms with van der Waals surface area (Å²) in [5, 5.41) is 0. The average Bonchev–Trinajstić information content (AvgIpc) is 3.14. The van der Waals surface area contributed by atoms with Crippen LogP contribution in [0.25, 0.3) is 0 Å². The van der Waals surface area contributed by atoms with Crippen LogP contribution in [-0.4, -0.2) is 12.2 Å². The Hall–Kier alpha value is -0.560. The third kappa shape index (κ3) is 7.71. The molecule has 1 rings (SSSR count). The smallest absolute Gasteiger partial charge is 0.0876 e. The fraction of sp³-hybridized carbons (Fsp3) is 0.765. The summed E-state index contributed by atoms with van der Waals surface area (Å²) >= 11 is 0. The van der Waals surface area contributed by atoms with E-state index >= 15 is 0 Å². The van der Waals surface area contributed by atoms with E-state index in [2.05, 4.69) is 38.2 Å². The predicted octanol–water partition coefficient (Wildman–Crippen LogP) is 5.42. The van der Waals surface area contributed by atoms with Crippen molar-refractivity contribution in [3.63, 3.8) is 0 Å². The van der Waals surface area contributed by atoms with Gasteiger partial charge in [0.05, 0.1) is 12.2 Å². The number of rotatable bonds is 11. The zero-order chi connectivity index (χ0) is 13.1. The van der Waals surface area contributed by atoms with E-state index in [1.54, 1.807) is 0 Å². The summed E-state index contributed by atoms with van der Waals surface area (Å²) in [6.45, 7) is 4.46. The number of hydrogen-bond donors (Lipinski definition) is 0. The van der Waals surface area contributed by atoms with E-state index in [4.69, 9.17) is 4.74 Å². The van der Waals surface area contributed by atoms with Gasteiger partial charge in [0.2, 0.25) is 0 Å². The molecule has 0 saturated carbocycles. The molecule has 0 bridgehead atoms. The van der Waals surface area contributed by atoms with Gasteiger partial charge in [0.15, 0.2) is 0 Å². The van der Waals surface area contributed by atoms with E-state index in [9.17, 15) is 0 Å². The second-order valence-corrected chi connectivity index (χ2v) is 5.24. The Bertz CT molecular complexity index is 242. The third-order valence-corrected chi connectivity index (χ3v) is 3.54. The van der Waals surface area contributed by atoms with Crippen LogP contribution >= 0.6 is 0 Å². The Labute approximate surface area is 113 Å². The van der Waals surface area contributed by atoms with Gasteiger partial charge in [0.1, 0.15) is 0 Å². The molecule has 1 nitrogen and oxygen atoms in total. The predicted molar refractivity (Wildman–Crippen MR) is 79.8 cm³/mol. The maximum absolute atomic E-state index is 5.49. The first kappa shape index (κ1) is 15.5. The van der Waals surface area contributed by atoms with Gasteiger partial charge < -0.3 is 4.74 Å². The molecule has 0 spiro atoms. The summed E-state index contributed by atoms with van der Waals surface area (Å²) in [6, 6.07) is 0. The minimum atomic E-state index is 0.522. The van der Waals surface area contributed by atoms with Gasteiger partial charge in [-0.1, -0.05) is 63.8 Å². The molecule has 0 aromatic heterocycles. The molecule has 0 unspecified atom stereocenters. The van der Waals surface area contributed by atoms with Crippen molar-refractivity contribution < 1.29 is 4.74 Å². The van der Waals surface area contributed by atoms with Crippen LogP contribution in [0, 0.1) is 0 Å². The molecule has 0 aromatic rings. The van der Waals surface area contributed by atoms with Crippen LogP contribution in [0.1, 0.15) is 71.6 Å². The highest BCUT2D eigenvalue weighted by molar-refractivity contribution is 4.97.